The molecule has 3 aromatic rings. The zero-order valence-electron chi connectivity index (χ0n) is 11.6. The van der Waals surface area contributed by atoms with E-state index in [0.717, 1.165) is 32.1 Å². The number of hydrogen-bond acceptors (Lipinski definition) is 2. The molecule has 0 radical (unpaired) electrons. The standard InChI is InChI=1S/C18H15BrO2/c1-21-13-8-6-12(7-9-13)18(20)16-10-11-17(19)15-5-3-2-4-14(15)16/h2-11,18,20H,1H3. The summed E-state index contributed by atoms with van der Waals surface area (Å²) in [5.41, 5.74) is 1.75. The molecule has 0 heterocycles. The number of fused-ring (bicyclic) bond motifs is 1. The fourth-order valence-corrected chi connectivity index (χ4v) is 2.97. The topological polar surface area (TPSA) is 29.5 Å². The summed E-state index contributed by atoms with van der Waals surface area (Å²) in [7, 11) is 1.63. The predicted molar refractivity (Wildman–Crippen MR) is 88.7 cm³/mol. The van der Waals surface area contributed by atoms with Crippen LogP contribution < -0.4 is 4.74 Å². The highest BCUT2D eigenvalue weighted by Gasteiger charge is 2.14. The molecule has 3 rings (SSSR count). The van der Waals surface area contributed by atoms with Crippen molar-refractivity contribution in [2.24, 2.45) is 0 Å². The average molecular weight is 343 g/mol. The van der Waals surface area contributed by atoms with Gasteiger partial charge in [0.25, 0.3) is 0 Å². The van der Waals surface area contributed by atoms with Crippen molar-refractivity contribution in [3.63, 3.8) is 0 Å². The minimum atomic E-state index is -0.658. The van der Waals surface area contributed by atoms with Gasteiger partial charge in [0, 0.05) is 4.47 Å². The third-order valence-electron chi connectivity index (χ3n) is 3.63. The number of aliphatic hydroxyl groups excluding tert-OH is 1. The second-order valence-corrected chi connectivity index (χ2v) is 5.71. The van der Waals surface area contributed by atoms with Gasteiger partial charge in [0.1, 0.15) is 11.9 Å². The summed E-state index contributed by atoms with van der Waals surface area (Å²) in [6.45, 7) is 0. The van der Waals surface area contributed by atoms with Crippen LogP contribution in [0, 0.1) is 0 Å². The van der Waals surface area contributed by atoms with E-state index < -0.39 is 6.10 Å². The number of benzene rings is 3. The molecule has 0 aromatic heterocycles. The lowest BCUT2D eigenvalue weighted by Crippen LogP contribution is -2.00. The van der Waals surface area contributed by atoms with Crippen LogP contribution in [0.3, 0.4) is 0 Å². The molecule has 0 aliphatic heterocycles. The van der Waals surface area contributed by atoms with Crippen LogP contribution in [0.4, 0.5) is 0 Å². The Morgan fingerprint density at radius 2 is 1.57 bits per heavy atom. The van der Waals surface area contributed by atoms with Gasteiger partial charge in [0.05, 0.1) is 7.11 Å². The summed E-state index contributed by atoms with van der Waals surface area (Å²) >= 11 is 3.56. The zero-order valence-corrected chi connectivity index (χ0v) is 13.2. The number of hydrogen-bond donors (Lipinski definition) is 1. The van der Waals surface area contributed by atoms with E-state index in [1.54, 1.807) is 7.11 Å². The monoisotopic (exact) mass is 342 g/mol. The first-order chi connectivity index (χ1) is 10.2. The van der Waals surface area contributed by atoms with Crippen LogP contribution in [0.5, 0.6) is 5.75 Å². The number of ether oxygens (including phenoxy) is 1. The molecule has 0 spiro atoms. The molecule has 0 saturated carbocycles. The molecule has 3 heteroatoms. The number of rotatable bonds is 3. The second kappa shape index (κ2) is 5.88. The van der Waals surface area contributed by atoms with Crippen molar-refractivity contribution < 1.29 is 9.84 Å². The molecule has 21 heavy (non-hydrogen) atoms. The van der Waals surface area contributed by atoms with Crippen LogP contribution in [0.15, 0.2) is 65.1 Å². The van der Waals surface area contributed by atoms with Gasteiger partial charge in [-0.05, 0) is 40.1 Å². The quantitative estimate of drug-likeness (QED) is 0.747. The van der Waals surface area contributed by atoms with Gasteiger partial charge in [-0.2, -0.15) is 0 Å². The molecule has 1 atom stereocenters. The van der Waals surface area contributed by atoms with Crippen molar-refractivity contribution in [2.45, 2.75) is 6.10 Å². The Morgan fingerprint density at radius 3 is 2.24 bits per heavy atom. The molecular formula is C18H15BrO2. The predicted octanol–water partition coefficient (Wildman–Crippen LogP) is 4.69. The summed E-state index contributed by atoms with van der Waals surface area (Å²) in [4.78, 5) is 0. The third-order valence-corrected chi connectivity index (χ3v) is 4.32. The van der Waals surface area contributed by atoms with Gasteiger partial charge in [-0.1, -0.05) is 58.4 Å². The molecule has 3 aromatic carbocycles. The van der Waals surface area contributed by atoms with E-state index in [0.29, 0.717) is 0 Å². The zero-order chi connectivity index (χ0) is 14.8. The maximum Gasteiger partial charge on any atom is 0.118 e. The Bertz CT molecular complexity index is 766. The highest BCUT2D eigenvalue weighted by atomic mass is 79.9. The van der Waals surface area contributed by atoms with E-state index in [9.17, 15) is 5.11 Å². The van der Waals surface area contributed by atoms with E-state index >= 15 is 0 Å². The fourth-order valence-electron chi connectivity index (χ4n) is 2.49. The van der Waals surface area contributed by atoms with Crippen molar-refractivity contribution in [2.75, 3.05) is 7.11 Å². The Kier molecular flexibility index (Phi) is 3.95. The first-order valence-corrected chi connectivity index (χ1v) is 7.49. The lowest BCUT2D eigenvalue weighted by molar-refractivity contribution is 0.222. The number of aliphatic hydroxyl groups is 1. The third kappa shape index (κ3) is 2.67. The molecule has 0 aliphatic carbocycles. The van der Waals surface area contributed by atoms with E-state index in [1.165, 1.54) is 0 Å². The Hall–Kier alpha value is -1.84. The van der Waals surface area contributed by atoms with Crippen LogP contribution in [-0.4, -0.2) is 12.2 Å². The van der Waals surface area contributed by atoms with E-state index in [4.69, 9.17) is 4.74 Å². The molecule has 1 unspecified atom stereocenters. The van der Waals surface area contributed by atoms with Crippen LogP contribution in [-0.2, 0) is 0 Å². The first kappa shape index (κ1) is 14.1. The molecule has 106 valence electrons. The fraction of sp³-hybridized carbons (Fsp3) is 0.111. The molecule has 0 bridgehead atoms. The normalized spacial score (nSPS) is 12.3. The highest BCUT2D eigenvalue weighted by Crippen LogP contribution is 2.33. The molecular weight excluding hydrogens is 328 g/mol. The van der Waals surface area contributed by atoms with Crippen molar-refractivity contribution in [1.82, 2.24) is 0 Å². The van der Waals surface area contributed by atoms with Gasteiger partial charge in [0.2, 0.25) is 0 Å². The molecule has 0 aliphatic rings. The summed E-state index contributed by atoms with van der Waals surface area (Å²) in [5, 5.41) is 12.8. The SMILES string of the molecule is COc1ccc(C(O)c2ccc(Br)c3ccccc23)cc1. The van der Waals surface area contributed by atoms with E-state index in [-0.39, 0.29) is 0 Å². The lowest BCUT2D eigenvalue weighted by Gasteiger charge is -2.15. The van der Waals surface area contributed by atoms with Gasteiger partial charge in [0.15, 0.2) is 0 Å². The lowest BCUT2D eigenvalue weighted by atomic mass is 9.96. The Balaban J connectivity index is 2.08. The smallest absolute Gasteiger partial charge is 0.118 e. The summed E-state index contributed by atoms with van der Waals surface area (Å²) in [6, 6.07) is 19.5. The van der Waals surface area contributed by atoms with Crippen molar-refractivity contribution in [1.29, 1.82) is 0 Å². The summed E-state index contributed by atoms with van der Waals surface area (Å²) < 4.78 is 6.18. The van der Waals surface area contributed by atoms with Crippen LogP contribution >= 0.6 is 15.9 Å². The van der Waals surface area contributed by atoms with Crippen LogP contribution in [0.1, 0.15) is 17.2 Å². The second-order valence-electron chi connectivity index (χ2n) is 4.86. The van der Waals surface area contributed by atoms with Crippen LogP contribution in [0.25, 0.3) is 10.8 Å². The molecule has 0 fully saturated rings. The Labute approximate surface area is 132 Å². The van der Waals surface area contributed by atoms with Gasteiger partial charge >= 0.3 is 0 Å². The minimum Gasteiger partial charge on any atom is -0.497 e. The van der Waals surface area contributed by atoms with Gasteiger partial charge in [-0.3, -0.25) is 0 Å². The summed E-state index contributed by atoms with van der Waals surface area (Å²) in [5.74, 6) is 0.784. The average Bonchev–Trinajstić information content (AvgIpc) is 2.55. The maximum absolute atomic E-state index is 10.7. The van der Waals surface area contributed by atoms with Crippen molar-refractivity contribution >= 4 is 26.7 Å². The van der Waals surface area contributed by atoms with E-state index in [2.05, 4.69) is 15.9 Å². The van der Waals surface area contributed by atoms with Gasteiger partial charge in [-0.25, -0.2) is 0 Å². The summed E-state index contributed by atoms with van der Waals surface area (Å²) in [6.07, 6.45) is -0.658. The van der Waals surface area contributed by atoms with Crippen molar-refractivity contribution in [3.8, 4) is 5.75 Å². The van der Waals surface area contributed by atoms with Gasteiger partial charge < -0.3 is 9.84 Å². The highest BCUT2D eigenvalue weighted by molar-refractivity contribution is 9.10. The molecule has 2 nitrogen and oxygen atoms in total. The Morgan fingerprint density at radius 1 is 0.905 bits per heavy atom. The molecule has 1 N–H and O–H groups in total. The molecule has 0 saturated heterocycles. The van der Waals surface area contributed by atoms with E-state index in [1.807, 2.05) is 60.7 Å². The number of methoxy groups -OCH3 is 1. The number of halogens is 1. The largest absolute Gasteiger partial charge is 0.497 e. The van der Waals surface area contributed by atoms with Crippen molar-refractivity contribution in [3.05, 3.63) is 76.3 Å². The molecule has 0 amide bonds. The minimum absolute atomic E-state index is 0.658. The van der Waals surface area contributed by atoms with Crippen LogP contribution in [0.2, 0.25) is 0 Å². The maximum atomic E-state index is 10.7. The van der Waals surface area contributed by atoms with Gasteiger partial charge in [-0.15, -0.1) is 0 Å². The first-order valence-electron chi connectivity index (χ1n) is 6.70.